The van der Waals surface area contributed by atoms with Crippen molar-refractivity contribution >= 4 is 27.3 Å². The molecule has 0 bridgehead atoms. The Morgan fingerprint density at radius 2 is 2.23 bits per heavy atom. The van der Waals surface area contributed by atoms with Crippen molar-refractivity contribution in [3.8, 4) is 0 Å². The lowest BCUT2D eigenvalue weighted by Crippen LogP contribution is -1.98. The van der Waals surface area contributed by atoms with Gasteiger partial charge in [0.05, 0.1) is 18.1 Å². The molecule has 2 heterocycles. The van der Waals surface area contributed by atoms with Crippen molar-refractivity contribution in [1.82, 2.24) is 0 Å². The first-order valence-corrected chi connectivity index (χ1v) is 5.99. The van der Waals surface area contributed by atoms with Crippen molar-refractivity contribution in [3.63, 3.8) is 0 Å². The molecular weight excluding hydrogens is 252 g/mol. The highest BCUT2D eigenvalue weighted by atomic mass is 79.9. The molecule has 1 aromatic heterocycles. The number of halogens is 1. The second-order valence-corrected chi connectivity index (χ2v) is 4.62. The predicted octanol–water partition coefficient (Wildman–Crippen LogP) is 3.12. The van der Waals surface area contributed by atoms with Crippen LogP contribution >= 0.6 is 27.3 Å². The summed E-state index contributed by atoms with van der Waals surface area (Å²) in [4.78, 5) is 1.21. The van der Waals surface area contributed by atoms with Crippen LogP contribution in [0, 0.1) is 0 Å². The SMILES string of the molecule is CCc1c(Br)csc1C1OCCO1. The first kappa shape index (κ1) is 9.65. The third-order valence-electron chi connectivity index (χ3n) is 2.06. The smallest absolute Gasteiger partial charge is 0.193 e. The molecule has 1 fully saturated rings. The minimum Gasteiger partial charge on any atom is -0.345 e. The maximum Gasteiger partial charge on any atom is 0.193 e. The molecule has 0 aliphatic carbocycles. The molecule has 1 aliphatic rings. The van der Waals surface area contributed by atoms with Crippen molar-refractivity contribution in [2.75, 3.05) is 13.2 Å². The van der Waals surface area contributed by atoms with E-state index in [1.165, 1.54) is 14.9 Å². The summed E-state index contributed by atoms with van der Waals surface area (Å²) in [5.74, 6) is 0. The van der Waals surface area contributed by atoms with Gasteiger partial charge in [-0.15, -0.1) is 11.3 Å². The third kappa shape index (κ3) is 1.81. The topological polar surface area (TPSA) is 18.5 Å². The largest absolute Gasteiger partial charge is 0.345 e. The van der Waals surface area contributed by atoms with Crippen LogP contribution in [0.1, 0.15) is 23.7 Å². The first-order valence-electron chi connectivity index (χ1n) is 4.32. The molecule has 1 aliphatic heterocycles. The molecule has 0 atom stereocenters. The lowest BCUT2D eigenvalue weighted by Gasteiger charge is -2.08. The zero-order chi connectivity index (χ0) is 9.26. The van der Waals surface area contributed by atoms with E-state index in [4.69, 9.17) is 9.47 Å². The highest BCUT2D eigenvalue weighted by molar-refractivity contribution is 9.10. The van der Waals surface area contributed by atoms with E-state index in [2.05, 4.69) is 28.2 Å². The lowest BCUT2D eigenvalue weighted by molar-refractivity contribution is -0.0418. The molecule has 0 spiro atoms. The molecule has 0 aromatic carbocycles. The summed E-state index contributed by atoms with van der Waals surface area (Å²) in [6.45, 7) is 3.57. The quantitative estimate of drug-likeness (QED) is 0.816. The van der Waals surface area contributed by atoms with E-state index in [0.29, 0.717) is 13.2 Å². The Labute approximate surface area is 90.0 Å². The average Bonchev–Trinajstić information content (AvgIpc) is 2.71. The summed E-state index contributed by atoms with van der Waals surface area (Å²) in [6.07, 6.45) is 0.897. The summed E-state index contributed by atoms with van der Waals surface area (Å²) in [7, 11) is 0. The first-order chi connectivity index (χ1) is 6.33. The molecule has 2 rings (SSSR count). The van der Waals surface area contributed by atoms with Crippen LogP contribution in [0.2, 0.25) is 0 Å². The van der Waals surface area contributed by atoms with Crippen LogP contribution in [-0.2, 0) is 15.9 Å². The van der Waals surface area contributed by atoms with Crippen molar-refractivity contribution in [2.45, 2.75) is 19.6 Å². The van der Waals surface area contributed by atoms with Crippen LogP contribution in [0.3, 0.4) is 0 Å². The van der Waals surface area contributed by atoms with Crippen LogP contribution in [0.4, 0.5) is 0 Å². The standard InChI is InChI=1S/C9H11BrO2S/c1-2-6-7(10)5-13-8(6)9-11-3-4-12-9/h5,9H,2-4H2,1H3. The molecule has 0 saturated carbocycles. The van der Waals surface area contributed by atoms with Crippen LogP contribution in [0.25, 0.3) is 0 Å². The fraction of sp³-hybridized carbons (Fsp3) is 0.556. The summed E-state index contributed by atoms with van der Waals surface area (Å²) < 4.78 is 12.1. The van der Waals surface area contributed by atoms with Gasteiger partial charge in [-0.1, -0.05) is 6.92 Å². The van der Waals surface area contributed by atoms with Crippen LogP contribution in [0.15, 0.2) is 9.85 Å². The van der Waals surface area contributed by atoms with Crippen LogP contribution in [0.5, 0.6) is 0 Å². The number of rotatable bonds is 2. The molecule has 0 unspecified atom stereocenters. The summed E-state index contributed by atoms with van der Waals surface area (Å²) in [5, 5.41) is 2.10. The number of ether oxygens (including phenoxy) is 2. The fourth-order valence-electron chi connectivity index (χ4n) is 1.43. The Hall–Kier alpha value is 0.1000. The van der Waals surface area contributed by atoms with Gasteiger partial charge in [-0.2, -0.15) is 0 Å². The second-order valence-electron chi connectivity index (χ2n) is 2.85. The predicted molar refractivity (Wildman–Crippen MR) is 56.0 cm³/mol. The molecule has 13 heavy (non-hydrogen) atoms. The zero-order valence-corrected chi connectivity index (χ0v) is 9.78. The van der Waals surface area contributed by atoms with Crippen LogP contribution in [-0.4, -0.2) is 13.2 Å². The highest BCUT2D eigenvalue weighted by Crippen LogP contribution is 2.36. The van der Waals surface area contributed by atoms with Gasteiger partial charge in [0.25, 0.3) is 0 Å². The van der Waals surface area contributed by atoms with Gasteiger partial charge >= 0.3 is 0 Å². The number of hydrogen-bond donors (Lipinski definition) is 0. The molecule has 0 amide bonds. The highest BCUT2D eigenvalue weighted by Gasteiger charge is 2.23. The summed E-state index contributed by atoms with van der Waals surface area (Å²) >= 11 is 5.22. The molecular formula is C9H11BrO2S. The number of thiophene rings is 1. The summed E-state index contributed by atoms with van der Waals surface area (Å²) in [6, 6.07) is 0. The van der Waals surface area contributed by atoms with Gasteiger partial charge in [0, 0.05) is 9.85 Å². The van der Waals surface area contributed by atoms with Crippen molar-refractivity contribution in [1.29, 1.82) is 0 Å². The van der Waals surface area contributed by atoms with Crippen molar-refractivity contribution in [3.05, 3.63) is 20.3 Å². The van der Waals surface area contributed by atoms with Gasteiger partial charge in [0.1, 0.15) is 0 Å². The van der Waals surface area contributed by atoms with E-state index in [1.807, 2.05) is 0 Å². The Kier molecular flexibility index (Phi) is 3.03. The van der Waals surface area contributed by atoms with Crippen molar-refractivity contribution in [2.24, 2.45) is 0 Å². The normalized spacial score (nSPS) is 18.3. The Morgan fingerprint density at radius 1 is 1.54 bits per heavy atom. The molecule has 0 N–H and O–H groups in total. The van der Waals surface area contributed by atoms with Gasteiger partial charge in [0.15, 0.2) is 6.29 Å². The monoisotopic (exact) mass is 262 g/mol. The molecule has 2 nitrogen and oxygen atoms in total. The second kappa shape index (κ2) is 4.09. The maximum atomic E-state index is 5.46. The van der Waals surface area contributed by atoms with Gasteiger partial charge in [0.2, 0.25) is 0 Å². The molecule has 1 saturated heterocycles. The van der Waals surface area contributed by atoms with E-state index in [9.17, 15) is 0 Å². The fourth-order valence-corrected chi connectivity index (χ4v) is 3.35. The van der Waals surface area contributed by atoms with Gasteiger partial charge in [-0.3, -0.25) is 0 Å². The Balaban J connectivity index is 2.27. The van der Waals surface area contributed by atoms with Gasteiger partial charge in [-0.05, 0) is 27.9 Å². The average molecular weight is 263 g/mol. The molecule has 0 radical (unpaired) electrons. The minimum atomic E-state index is -0.119. The summed E-state index contributed by atoms with van der Waals surface area (Å²) in [5.41, 5.74) is 1.32. The van der Waals surface area contributed by atoms with E-state index in [0.717, 1.165) is 6.42 Å². The molecule has 1 aromatic rings. The molecule has 4 heteroatoms. The number of hydrogen-bond acceptors (Lipinski definition) is 3. The molecule has 72 valence electrons. The van der Waals surface area contributed by atoms with Gasteiger partial charge < -0.3 is 9.47 Å². The Bertz CT molecular complexity index is 292. The van der Waals surface area contributed by atoms with E-state index >= 15 is 0 Å². The van der Waals surface area contributed by atoms with E-state index in [1.54, 1.807) is 11.3 Å². The van der Waals surface area contributed by atoms with Crippen molar-refractivity contribution < 1.29 is 9.47 Å². The minimum absolute atomic E-state index is 0.119. The Morgan fingerprint density at radius 3 is 2.85 bits per heavy atom. The van der Waals surface area contributed by atoms with E-state index in [-0.39, 0.29) is 6.29 Å². The third-order valence-corrected chi connectivity index (χ3v) is 4.12. The van der Waals surface area contributed by atoms with Gasteiger partial charge in [-0.25, -0.2) is 0 Å². The zero-order valence-electron chi connectivity index (χ0n) is 7.38. The van der Waals surface area contributed by atoms with E-state index < -0.39 is 0 Å². The van der Waals surface area contributed by atoms with Crippen LogP contribution < -0.4 is 0 Å². The maximum absolute atomic E-state index is 5.46. The lowest BCUT2D eigenvalue weighted by atomic mass is 10.2.